The van der Waals surface area contributed by atoms with E-state index in [1.165, 1.54) is 18.5 Å². The van der Waals surface area contributed by atoms with E-state index in [0.717, 1.165) is 6.42 Å². The molecule has 0 saturated carbocycles. The second-order valence-corrected chi connectivity index (χ2v) is 3.40. The number of carbonyl (C=O) groups is 1. The van der Waals surface area contributed by atoms with E-state index in [0.29, 0.717) is 23.9 Å². The zero-order valence-electron chi connectivity index (χ0n) is 8.78. The van der Waals surface area contributed by atoms with Crippen LogP contribution < -0.4 is 5.32 Å². The maximum absolute atomic E-state index is 11.6. The lowest BCUT2D eigenvalue weighted by Gasteiger charge is -2.05. The number of nitrogens with zero attached hydrogens (tertiary/aromatic N) is 1. The van der Waals surface area contributed by atoms with Gasteiger partial charge in [-0.2, -0.15) is 0 Å². The van der Waals surface area contributed by atoms with Crippen molar-refractivity contribution >= 4 is 17.5 Å². The standard InChI is InChI=1S/C11H13ClN2O2/c1-2-16-7-3-5-14-11(15)9-4-6-13-10(12)8-9/h2,4,6,8H,1,3,5,7H2,(H,14,15). The molecule has 0 aliphatic heterocycles. The minimum Gasteiger partial charge on any atom is -0.502 e. The number of hydrogen-bond acceptors (Lipinski definition) is 3. The number of carbonyl (C=O) groups excluding carboxylic acids is 1. The molecule has 0 atom stereocenters. The summed E-state index contributed by atoms with van der Waals surface area (Å²) in [6, 6.07) is 3.14. The van der Waals surface area contributed by atoms with Crippen LogP contribution in [0, 0.1) is 0 Å². The van der Waals surface area contributed by atoms with Gasteiger partial charge in [0.1, 0.15) is 5.15 Å². The van der Waals surface area contributed by atoms with Crippen LogP contribution in [0.1, 0.15) is 16.8 Å². The smallest absolute Gasteiger partial charge is 0.251 e. The van der Waals surface area contributed by atoms with Crippen molar-refractivity contribution in [2.45, 2.75) is 6.42 Å². The van der Waals surface area contributed by atoms with Crippen molar-refractivity contribution in [1.82, 2.24) is 10.3 Å². The highest BCUT2D eigenvalue weighted by atomic mass is 35.5. The van der Waals surface area contributed by atoms with Gasteiger partial charge in [-0.05, 0) is 18.6 Å². The number of nitrogens with one attached hydrogen (secondary N) is 1. The number of rotatable bonds is 6. The van der Waals surface area contributed by atoms with Gasteiger partial charge >= 0.3 is 0 Å². The molecule has 0 radical (unpaired) electrons. The molecule has 16 heavy (non-hydrogen) atoms. The van der Waals surface area contributed by atoms with Gasteiger partial charge < -0.3 is 10.1 Å². The Kier molecular flexibility index (Phi) is 5.36. The van der Waals surface area contributed by atoms with Gasteiger partial charge in [-0.15, -0.1) is 0 Å². The van der Waals surface area contributed by atoms with Gasteiger partial charge in [0.15, 0.2) is 0 Å². The third-order valence-electron chi connectivity index (χ3n) is 1.83. The molecule has 1 aromatic heterocycles. The molecular formula is C11H13ClN2O2. The average Bonchev–Trinajstić information content (AvgIpc) is 2.28. The average molecular weight is 241 g/mol. The normalized spacial score (nSPS) is 9.56. The molecule has 0 aliphatic carbocycles. The Morgan fingerprint density at radius 3 is 3.19 bits per heavy atom. The fourth-order valence-corrected chi connectivity index (χ4v) is 1.26. The molecular weight excluding hydrogens is 228 g/mol. The Morgan fingerprint density at radius 2 is 2.50 bits per heavy atom. The van der Waals surface area contributed by atoms with Gasteiger partial charge in [-0.3, -0.25) is 4.79 Å². The van der Waals surface area contributed by atoms with Crippen LogP contribution in [0.3, 0.4) is 0 Å². The Hall–Kier alpha value is -1.55. The number of hydrogen-bond donors (Lipinski definition) is 1. The summed E-state index contributed by atoms with van der Waals surface area (Å²) in [6.07, 6.45) is 3.61. The number of halogens is 1. The van der Waals surface area contributed by atoms with Crippen LogP contribution in [-0.4, -0.2) is 24.0 Å². The molecule has 0 aromatic carbocycles. The molecule has 1 rings (SSSR count). The zero-order chi connectivity index (χ0) is 11.8. The largest absolute Gasteiger partial charge is 0.502 e. The van der Waals surface area contributed by atoms with Crippen LogP contribution in [0.2, 0.25) is 5.15 Å². The summed E-state index contributed by atoms with van der Waals surface area (Å²) >= 11 is 5.67. The first-order chi connectivity index (χ1) is 7.74. The molecule has 0 bridgehead atoms. The SMILES string of the molecule is C=COCCCNC(=O)c1ccnc(Cl)c1. The van der Waals surface area contributed by atoms with Crippen molar-refractivity contribution in [3.05, 3.63) is 41.9 Å². The summed E-state index contributed by atoms with van der Waals surface area (Å²) in [5.41, 5.74) is 0.504. The lowest BCUT2D eigenvalue weighted by molar-refractivity contribution is 0.0950. The molecule has 0 aliphatic rings. The van der Waals surface area contributed by atoms with E-state index < -0.39 is 0 Å². The van der Waals surface area contributed by atoms with E-state index in [2.05, 4.69) is 16.9 Å². The molecule has 0 unspecified atom stereocenters. The molecule has 0 fully saturated rings. The van der Waals surface area contributed by atoms with E-state index in [9.17, 15) is 4.79 Å². The predicted molar refractivity (Wildman–Crippen MR) is 62.3 cm³/mol. The summed E-state index contributed by atoms with van der Waals surface area (Å²) in [4.78, 5) is 15.4. The van der Waals surface area contributed by atoms with Crippen molar-refractivity contribution in [3.63, 3.8) is 0 Å². The van der Waals surface area contributed by atoms with Crippen LogP contribution in [0.4, 0.5) is 0 Å². The first-order valence-corrected chi connectivity index (χ1v) is 5.24. The van der Waals surface area contributed by atoms with Crippen LogP contribution >= 0.6 is 11.6 Å². The molecule has 4 nitrogen and oxygen atoms in total. The molecule has 1 heterocycles. The topological polar surface area (TPSA) is 51.2 Å². The van der Waals surface area contributed by atoms with Gasteiger partial charge in [-0.1, -0.05) is 18.2 Å². The van der Waals surface area contributed by atoms with Gasteiger partial charge in [0.2, 0.25) is 0 Å². The molecule has 1 aromatic rings. The summed E-state index contributed by atoms with van der Waals surface area (Å²) in [5, 5.41) is 3.05. The molecule has 0 saturated heterocycles. The van der Waals surface area contributed by atoms with Gasteiger partial charge in [0.05, 0.1) is 12.9 Å². The molecule has 1 amide bonds. The highest BCUT2D eigenvalue weighted by Gasteiger charge is 2.04. The number of amides is 1. The third kappa shape index (κ3) is 4.31. The van der Waals surface area contributed by atoms with Crippen LogP contribution in [0.5, 0.6) is 0 Å². The van der Waals surface area contributed by atoms with Gasteiger partial charge in [0, 0.05) is 18.3 Å². The van der Waals surface area contributed by atoms with E-state index in [1.54, 1.807) is 6.07 Å². The Labute approximate surface area is 99.3 Å². The summed E-state index contributed by atoms with van der Waals surface area (Å²) in [7, 11) is 0. The fourth-order valence-electron chi connectivity index (χ4n) is 1.09. The minimum absolute atomic E-state index is 0.164. The molecule has 1 N–H and O–H groups in total. The van der Waals surface area contributed by atoms with Gasteiger partial charge in [-0.25, -0.2) is 4.98 Å². The van der Waals surface area contributed by atoms with Crippen molar-refractivity contribution in [3.8, 4) is 0 Å². The fraction of sp³-hybridized carbons (Fsp3) is 0.273. The summed E-state index contributed by atoms with van der Waals surface area (Å²) < 4.78 is 4.92. The van der Waals surface area contributed by atoms with E-state index in [-0.39, 0.29) is 5.91 Å². The maximum Gasteiger partial charge on any atom is 0.251 e. The zero-order valence-corrected chi connectivity index (χ0v) is 9.54. The quantitative estimate of drug-likeness (QED) is 0.470. The van der Waals surface area contributed by atoms with Crippen molar-refractivity contribution in [2.24, 2.45) is 0 Å². The van der Waals surface area contributed by atoms with Crippen molar-refractivity contribution < 1.29 is 9.53 Å². The van der Waals surface area contributed by atoms with E-state index in [4.69, 9.17) is 16.3 Å². The Bertz CT molecular complexity index is 369. The van der Waals surface area contributed by atoms with Crippen molar-refractivity contribution in [1.29, 1.82) is 0 Å². The lowest BCUT2D eigenvalue weighted by Crippen LogP contribution is -2.25. The second-order valence-electron chi connectivity index (χ2n) is 3.01. The monoisotopic (exact) mass is 240 g/mol. The molecule has 0 spiro atoms. The summed E-state index contributed by atoms with van der Waals surface area (Å²) in [6.45, 7) is 4.51. The Morgan fingerprint density at radius 1 is 1.69 bits per heavy atom. The number of aromatic nitrogens is 1. The highest BCUT2D eigenvalue weighted by molar-refractivity contribution is 6.29. The van der Waals surface area contributed by atoms with E-state index >= 15 is 0 Å². The minimum atomic E-state index is -0.164. The molecule has 5 heteroatoms. The molecule has 86 valence electrons. The lowest BCUT2D eigenvalue weighted by atomic mass is 10.2. The van der Waals surface area contributed by atoms with Gasteiger partial charge in [0.25, 0.3) is 5.91 Å². The van der Waals surface area contributed by atoms with Crippen molar-refractivity contribution in [2.75, 3.05) is 13.2 Å². The van der Waals surface area contributed by atoms with E-state index in [1.807, 2.05) is 0 Å². The number of pyridine rings is 1. The first-order valence-electron chi connectivity index (χ1n) is 4.86. The summed E-state index contributed by atoms with van der Waals surface area (Å²) in [5.74, 6) is -0.164. The van der Waals surface area contributed by atoms with Crippen LogP contribution in [0.15, 0.2) is 31.2 Å². The maximum atomic E-state index is 11.6. The van der Waals surface area contributed by atoms with Crippen LogP contribution in [-0.2, 0) is 4.74 Å². The first kappa shape index (κ1) is 12.5. The second kappa shape index (κ2) is 6.85. The third-order valence-corrected chi connectivity index (χ3v) is 2.04. The Balaban J connectivity index is 2.32. The highest BCUT2D eigenvalue weighted by Crippen LogP contribution is 2.06. The predicted octanol–water partition coefficient (Wildman–Crippen LogP) is 2.02. The number of ether oxygens (including phenoxy) is 1. The van der Waals surface area contributed by atoms with Crippen LogP contribution in [0.25, 0.3) is 0 Å².